The first-order valence-corrected chi connectivity index (χ1v) is 10.4. The Kier molecular flexibility index (Phi) is 6.05. The van der Waals surface area contributed by atoms with E-state index in [-0.39, 0.29) is 11.9 Å². The quantitative estimate of drug-likeness (QED) is 0.803. The molecule has 0 spiro atoms. The Morgan fingerprint density at radius 1 is 1.26 bits per heavy atom. The molecule has 7 heteroatoms. The molecule has 1 aromatic carbocycles. The molecular formula is C20H28ClN3O3. The third-order valence-electron chi connectivity index (χ3n) is 5.61. The van der Waals surface area contributed by atoms with E-state index >= 15 is 0 Å². The first-order chi connectivity index (χ1) is 13.2. The Labute approximate surface area is 165 Å². The number of benzene rings is 1. The summed E-state index contributed by atoms with van der Waals surface area (Å²) in [4.78, 5) is 14.6. The molecule has 2 saturated heterocycles. The van der Waals surface area contributed by atoms with Crippen LogP contribution in [0.5, 0.6) is 11.5 Å². The lowest BCUT2D eigenvalue weighted by molar-refractivity contribution is -0.123. The van der Waals surface area contributed by atoms with E-state index in [0.717, 1.165) is 69.7 Å². The van der Waals surface area contributed by atoms with Crippen molar-refractivity contribution in [2.45, 2.75) is 38.3 Å². The molecule has 2 fully saturated rings. The minimum Gasteiger partial charge on any atom is -0.486 e. The normalized spacial score (nSPS) is 25.4. The minimum atomic E-state index is 0.00421. The molecule has 2 unspecified atom stereocenters. The van der Waals surface area contributed by atoms with Gasteiger partial charge in [-0.2, -0.15) is 0 Å². The number of piperidine rings is 1. The number of nitrogens with zero attached hydrogens (tertiary/aromatic N) is 1. The Morgan fingerprint density at radius 3 is 3.00 bits per heavy atom. The molecule has 0 aliphatic carbocycles. The van der Waals surface area contributed by atoms with Gasteiger partial charge in [-0.05, 0) is 62.4 Å². The van der Waals surface area contributed by atoms with Crippen LogP contribution in [0.3, 0.4) is 0 Å². The lowest BCUT2D eigenvalue weighted by Crippen LogP contribution is -2.45. The van der Waals surface area contributed by atoms with Crippen molar-refractivity contribution in [3.63, 3.8) is 0 Å². The molecule has 1 amide bonds. The summed E-state index contributed by atoms with van der Waals surface area (Å²) < 4.78 is 11.3. The van der Waals surface area contributed by atoms with Crippen LogP contribution in [-0.4, -0.2) is 56.2 Å². The molecule has 4 rings (SSSR count). The van der Waals surface area contributed by atoms with Gasteiger partial charge in [-0.25, -0.2) is 0 Å². The Morgan fingerprint density at radius 2 is 2.15 bits per heavy atom. The topological polar surface area (TPSA) is 62.8 Å². The van der Waals surface area contributed by atoms with Gasteiger partial charge in [0.05, 0.1) is 11.1 Å². The van der Waals surface area contributed by atoms with E-state index in [1.165, 1.54) is 0 Å². The molecule has 3 aliphatic heterocycles. The molecule has 148 valence electrons. The second kappa shape index (κ2) is 8.67. The predicted molar refractivity (Wildman–Crippen MR) is 104 cm³/mol. The fourth-order valence-electron chi connectivity index (χ4n) is 4.25. The Hall–Kier alpha value is -1.50. The second-order valence-electron chi connectivity index (χ2n) is 7.74. The average molecular weight is 394 g/mol. The molecule has 0 aromatic heterocycles. The molecule has 2 N–H and O–H groups in total. The standard InChI is InChI=1S/C20H28ClN3O3/c21-16-9-15(10-18-19(16)27-8-7-26-18)13-24-6-2-3-14(12-24)11-23-20(25)17-4-1-5-22-17/h9-10,14,17,22H,1-8,11-13H2,(H,23,25). The monoisotopic (exact) mass is 393 g/mol. The highest BCUT2D eigenvalue weighted by molar-refractivity contribution is 6.32. The minimum absolute atomic E-state index is 0.00421. The predicted octanol–water partition coefficient (Wildman–Crippen LogP) is 2.19. The van der Waals surface area contributed by atoms with Gasteiger partial charge in [0, 0.05) is 19.6 Å². The zero-order valence-corrected chi connectivity index (χ0v) is 16.4. The number of fused-ring (bicyclic) bond motifs is 1. The van der Waals surface area contributed by atoms with Crippen molar-refractivity contribution in [1.82, 2.24) is 15.5 Å². The zero-order valence-electron chi connectivity index (χ0n) is 15.6. The van der Waals surface area contributed by atoms with Crippen LogP contribution in [0.25, 0.3) is 0 Å². The third-order valence-corrected chi connectivity index (χ3v) is 5.89. The van der Waals surface area contributed by atoms with Crippen molar-refractivity contribution in [2.75, 3.05) is 39.4 Å². The molecule has 0 bridgehead atoms. The number of carbonyl (C=O) groups is 1. The number of rotatable bonds is 5. The SMILES string of the molecule is O=C(NCC1CCCN(Cc2cc(Cl)c3c(c2)OCCO3)C1)C1CCCN1. The van der Waals surface area contributed by atoms with E-state index in [1.807, 2.05) is 12.1 Å². The number of amides is 1. The largest absolute Gasteiger partial charge is 0.486 e. The van der Waals surface area contributed by atoms with Gasteiger partial charge in [0.2, 0.25) is 5.91 Å². The van der Waals surface area contributed by atoms with E-state index < -0.39 is 0 Å². The summed E-state index contributed by atoms with van der Waals surface area (Å²) in [6.45, 7) is 5.72. The van der Waals surface area contributed by atoms with Gasteiger partial charge in [0.15, 0.2) is 11.5 Å². The number of hydrogen-bond donors (Lipinski definition) is 2. The van der Waals surface area contributed by atoms with Crippen LogP contribution in [0, 0.1) is 5.92 Å². The molecule has 27 heavy (non-hydrogen) atoms. The maximum Gasteiger partial charge on any atom is 0.237 e. The van der Waals surface area contributed by atoms with Crippen LogP contribution >= 0.6 is 11.6 Å². The van der Waals surface area contributed by atoms with Gasteiger partial charge in [-0.15, -0.1) is 0 Å². The number of hydrogen-bond acceptors (Lipinski definition) is 5. The van der Waals surface area contributed by atoms with Gasteiger partial charge in [0.1, 0.15) is 13.2 Å². The Bertz CT molecular complexity index is 679. The van der Waals surface area contributed by atoms with Gasteiger partial charge >= 0.3 is 0 Å². The summed E-state index contributed by atoms with van der Waals surface area (Å²) in [5.74, 6) is 2.06. The Balaban J connectivity index is 1.30. The summed E-state index contributed by atoms with van der Waals surface area (Å²) >= 11 is 6.36. The van der Waals surface area contributed by atoms with Gasteiger partial charge in [-0.3, -0.25) is 9.69 Å². The highest BCUT2D eigenvalue weighted by atomic mass is 35.5. The van der Waals surface area contributed by atoms with E-state index in [0.29, 0.717) is 29.9 Å². The zero-order chi connectivity index (χ0) is 18.6. The van der Waals surface area contributed by atoms with Crippen LogP contribution in [0.2, 0.25) is 5.02 Å². The highest BCUT2D eigenvalue weighted by Crippen LogP contribution is 2.38. The number of ether oxygens (including phenoxy) is 2. The lowest BCUT2D eigenvalue weighted by atomic mass is 9.97. The number of carbonyl (C=O) groups excluding carboxylic acids is 1. The van der Waals surface area contributed by atoms with Crippen LogP contribution in [-0.2, 0) is 11.3 Å². The number of nitrogens with one attached hydrogen (secondary N) is 2. The van der Waals surface area contributed by atoms with E-state index in [2.05, 4.69) is 15.5 Å². The molecule has 6 nitrogen and oxygen atoms in total. The summed E-state index contributed by atoms with van der Waals surface area (Å²) in [5.41, 5.74) is 1.14. The summed E-state index contributed by atoms with van der Waals surface area (Å²) in [7, 11) is 0. The van der Waals surface area contributed by atoms with E-state index in [1.54, 1.807) is 0 Å². The first-order valence-electron chi connectivity index (χ1n) is 10.0. The maximum absolute atomic E-state index is 12.2. The van der Waals surface area contributed by atoms with E-state index in [4.69, 9.17) is 21.1 Å². The average Bonchev–Trinajstić information content (AvgIpc) is 3.21. The first kappa shape index (κ1) is 18.8. The van der Waals surface area contributed by atoms with Gasteiger partial charge < -0.3 is 20.1 Å². The van der Waals surface area contributed by atoms with Crippen molar-refractivity contribution < 1.29 is 14.3 Å². The maximum atomic E-state index is 12.2. The van der Waals surface area contributed by atoms with Crippen molar-refractivity contribution in [3.8, 4) is 11.5 Å². The molecule has 0 radical (unpaired) electrons. The summed E-state index contributed by atoms with van der Waals surface area (Å²) in [5, 5.41) is 7.02. The highest BCUT2D eigenvalue weighted by Gasteiger charge is 2.25. The third kappa shape index (κ3) is 4.68. The van der Waals surface area contributed by atoms with Crippen LogP contribution in [0.1, 0.15) is 31.2 Å². The van der Waals surface area contributed by atoms with Crippen molar-refractivity contribution in [3.05, 3.63) is 22.7 Å². The molecule has 1 aromatic rings. The van der Waals surface area contributed by atoms with Crippen LogP contribution < -0.4 is 20.1 Å². The number of halogens is 1. The van der Waals surface area contributed by atoms with E-state index in [9.17, 15) is 4.79 Å². The fourth-order valence-corrected chi connectivity index (χ4v) is 4.54. The second-order valence-corrected chi connectivity index (χ2v) is 8.15. The molecular weight excluding hydrogens is 366 g/mol. The molecule has 2 atom stereocenters. The van der Waals surface area contributed by atoms with Crippen molar-refractivity contribution in [1.29, 1.82) is 0 Å². The smallest absolute Gasteiger partial charge is 0.237 e. The van der Waals surface area contributed by atoms with Crippen LogP contribution in [0.4, 0.5) is 0 Å². The van der Waals surface area contributed by atoms with Crippen molar-refractivity contribution >= 4 is 17.5 Å². The molecule has 3 heterocycles. The lowest BCUT2D eigenvalue weighted by Gasteiger charge is -2.33. The molecule has 0 saturated carbocycles. The summed E-state index contributed by atoms with van der Waals surface area (Å²) in [6.07, 6.45) is 4.36. The summed E-state index contributed by atoms with van der Waals surface area (Å²) in [6, 6.07) is 4.02. The number of likely N-dealkylation sites (tertiary alicyclic amines) is 1. The molecule has 3 aliphatic rings. The van der Waals surface area contributed by atoms with Gasteiger partial charge in [-0.1, -0.05) is 11.6 Å². The van der Waals surface area contributed by atoms with Crippen LogP contribution in [0.15, 0.2) is 12.1 Å². The van der Waals surface area contributed by atoms with Gasteiger partial charge in [0.25, 0.3) is 0 Å². The fraction of sp³-hybridized carbons (Fsp3) is 0.650. The van der Waals surface area contributed by atoms with Crippen molar-refractivity contribution in [2.24, 2.45) is 5.92 Å².